The lowest BCUT2D eigenvalue weighted by atomic mass is 10.0. The number of piperazine rings is 1. The van der Waals surface area contributed by atoms with Crippen LogP contribution in [0.15, 0.2) is 59.2 Å². The zero-order valence-corrected chi connectivity index (χ0v) is 15.3. The third-order valence-electron chi connectivity index (χ3n) is 4.75. The Labute approximate surface area is 151 Å². The summed E-state index contributed by atoms with van der Waals surface area (Å²) in [4.78, 5) is 9.46. The van der Waals surface area contributed by atoms with Gasteiger partial charge >= 0.3 is 0 Å². The van der Waals surface area contributed by atoms with Crippen LogP contribution in [0.25, 0.3) is 22.0 Å². The topological polar surface area (TPSA) is 19.4 Å². The molecule has 0 spiro atoms. The molecule has 0 bridgehead atoms. The summed E-state index contributed by atoms with van der Waals surface area (Å²) in [5.74, 6) is 0. The Morgan fingerprint density at radius 2 is 1.75 bits per heavy atom. The lowest BCUT2D eigenvalue weighted by Gasteiger charge is -2.34. The monoisotopic (exact) mass is 381 g/mol. The van der Waals surface area contributed by atoms with Gasteiger partial charge in [0.25, 0.3) is 0 Å². The highest BCUT2D eigenvalue weighted by Gasteiger charge is 2.16. The van der Waals surface area contributed by atoms with E-state index in [0.29, 0.717) is 0 Å². The van der Waals surface area contributed by atoms with Gasteiger partial charge in [-0.05, 0) is 36.7 Å². The van der Waals surface area contributed by atoms with Gasteiger partial charge in [-0.25, -0.2) is 0 Å². The highest BCUT2D eigenvalue weighted by Crippen LogP contribution is 2.34. The van der Waals surface area contributed by atoms with Gasteiger partial charge in [-0.1, -0.05) is 40.2 Å². The van der Waals surface area contributed by atoms with Gasteiger partial charge in [-0.15, -0.1) is 0 Å². The van der Waals surface area contributed by atoms with E-state index in [-0.39, 0.29) is 0 Å². The summed E-state index contributed by atoms with van der Waals surface area (Å²) in [6, 6.07) is 17.1. The predicted octanol–water partition coefficient (Wildman–Crippen LogP) is 4.42. The first-order chi connectivity index (χ1) is 11.7. The van der Waals surface area contributed by atoms with Crippen LogP contribution in [0.1, 0.15) is 0 Å². The fourth-order valence-corrected chi connectivity index (χ4v) is 3.85. The number of likely N-dealkylation sites (N-methyl/N-ethyl adjacent to an activating group) is 1. The molecule has 4 rings (SSSR count). The van der Waals surface area contributed by atoms with E-state index in [4.69, 9.17) is 0 Å². The molecule has 1 aromatic heterocycles. The molecular weight excluding hydrogens is 362 g/mol. The zero-order chi connectivity index (χ0) is 16.5. The van der Waals surface area contributed by atoms with Gasteiger partial charge in [0.1, 0.15) is 0 Å². The van der Waals surface area contributed by atoms with Crippen molar-refractivity contribution < 1.29 is 0 Å². The molecule has 2 aromatic carbocycles. The molecule has 4 heteroatoms. The fraction of sp³-hybridized carbons (Fsp3) is 0.250. The number of nitrogens with zero attached hydrogens (tertiary/aromatic N) is 3. The Morgan fingerprint density at radius 1 is 0.958 bits per heavy atom. The van der Waals surface area contributed by atoms with Crippen molar-refractivity contribution in [3.8, 4) is 11.3 Å². The minimum atomic E-state index is 1.03. The molecule has 1 aliphatic heterocycles. The molecule has 0 unspecified atom stereocenters. The van der Waals surface area contributed by atoms with E-state index < -0.39 is 0 Å². The van der Waals surface area contributed by atoms with Crippen molar-refractivity contribution in [1.29, 1.82) is 0 Å². The smallest absolute Gasteiger partial charge is 0.0791 e. The van der Waals surface area contributed by atoms with Crippen molar-refractivity contribution in [2.45, 2.75) is 0 Å². The average Bonchev–Trinajstić information content (AvgIpc) is 2.62. The maximum atomic E-state index is 4.64. The summed E-state index contributed by atoms with van der Waals surface area (Å²) in [5.41, 5.74) is 3.45. The van der Waals surface area contributed by atoms with Gasteiger partial charge in [-0.2, -0.15) is 0 Å². The lowest BCUT2D eigenvalue weighted by molar-refractivity contribution is 0.313. The van der Waals surface area contributed by atoms with Crippen molar-refractivity contribution >= 4 is 32.4 Å². The van der Waals surface area contributed by atoms with Crippen LogP contribution in [0.4, 0.5) is 5.69 Å². The van der Waals surface area contributed by atoms with E-state index >= 15 is 0 Å². The van der Waals surface area contributed by atoms with Gasteiger partial charge < -0.3 is 9.80 Å². The van der Waals surface area contributed by atoms with E-state index in [1.165, 1.54) is 16.5 Å². The van der Waals surface area contributed by atoms with Crippen LogP contribution in [0.2, 0.25) is 0 Å². The summed E-state index contributed by atoms with van der Waals surface area (Å²) in [6.45, 7) is 4.39. The maximum absolute atomic E-state index is 4.64. The highest BCUT2D eigenvalue weighted by atomic mass is 79.9. The summed E-state index contributed by atoms with van der Waals surface area (Å²) < 4.78 is 1.10. The van der Waals surface area contributed by atoms with E-state index in [1.807, 2.05) is 6.20 Å². The van der Waals surface area contributed by atoms with E-state index in [2.05, 4.69) is 86.3 Å². The number of fused-ring (bicyclic) bond motifs is 1. The quantitative estimate of drug-likeness (QED) is 0.654. The van der Waals surface area contributed by atoms with Crippen LogP contribution < -0.4 is 4.90 Å². The minimum absolute atomic E-state index is 1.03. The second-order valence-corrected chi connectivity index (χ2v) is 7.19. The number of aromatic nitrogens is 1. The Balaban J connectivity index is 1.72. The number of anilines is 1. The second kappa shape index (κ2) is 6.54. The molecule has 0 amide bonds. The summed E-state index contributed by atoms with van der Waals surface area (Å²) in [6.07, 6.45) is 1.89. The van der Waals surface area contributed by atoms with Gasteiger partial charge in [-0.3, -0.25) is 4.98 Å². The maximum Gasteiger partial charge on any atom is 0.0791 e. The Bertz CT molecular complexity index is 864. The Kier molecular flexibility index (Phi) is 4.25. The molecular formula is C20H20BrN3. The third-order valence-corrected chi connectivity index (χ3v) is 5.41. The van der Waals surface area contributed by atoms with E-state index in [9.17, 15) is 0 Å². The summed E-state index contributed by atoms with van der Waals surface area (Å²) in [7, 11) is 2.18. The zero-order valence-electron chi connectivity index (χ0n) is 13.7. The Morgan fingerprint density at radius 3 is 2.54 bits per heavy atom. The van der Waals surface area contributed by atoms with Crippen LogP contribution in [-0.4, -0.2) is 43.1 Å². The van der Waals surface area contributed by atoms with Crippen molar-refractivity contribution in [2.75, 3.05) is 38.1 Å². The highest BCUT2D eigenvalue weighted by molar-refractivity contribution is 9.10. The fourth-order valence-electron chi connectivity index (χ4n) is 3.29. The van der Waals surface area contributed by atoms with Gasteiger partial charge in [0.2, 0.25) is 0 Å². The van der Waals surface area contributed by atoms with Crippen molar-refractivity contribution in [3.05, 3.63) is 59.2 Å². The van der Waals surface area contributed by atoms with Crippen molar-refractivity contribution in [2.24, 2.45) is 0 Å². The van der Waals surface area contributed by atoms with Crippen LogP contribution >= 0.6 is 15.9 Å². The minimum Gasteiger partial charge on any atom is -0.369 e. The first kappa shape index (κ1) is 15.6. The average molecular weight is 382 g/mol. The van der Waals surface area contributed by atoms with Crippen LogP contribution in [0.5, 0.6) is 0 Å². The molecule has 1 fully saturated rings. The van der Waals surface area contributed by atoms with Gasteiger partial charge in [0.15, 0.2) is 0 Å². The number of halogens is 1. The largest absolute Gasteiger partial charge is 0.369 e. The number of hydrogen-bond donors (Lipinski definition) is 0. The molecule has 0 radical (unpaired) electrons. The standard InChI is InChI=1S/C20H20BrN3/c1-23-10-12-24(13-11-23)16-6-7-18(19(21)14-16)20-17-5-3-2-4-15(17)8-9-22-20/h2-9,14H,10-13H2,1H3. The van der Waals surface area contributed by atoms with Crippen LogP contribution in [0, 0.1) is 0 Å². The summed E-state index contributed by atoms with van der Waals surface area (Å²) >= 11 is 3.77. The molecule has 3 aromatic rings. The molecule has 2 heterocycles. The molecule has 24 heavy (non-hydrogen) atoms. The second-order valence-electron chi connectivity index (χ2n) is 6.34. The van der Waals surface area contributed by atoms with Crippen molar-refractivity contribution in [3.63, 3.8) is 0 Å². The first-order valence-corrected chi connectivity index (χ1v) is 9.09. The Hall–Kier alpha value is -1.91. The van der Waals surface area contributed by atoms with Gasteiger partial charge in [0.05, 0.1) is 5.69 Å². The molecule has 0 saturated carbocycles. The molecule has 122 valence electrons. The number of benzene rings is 2. The predicted molar refractivity (Wildman–Crippen MR) is 105 cm³/mol. The first-order valence-electron chi connectivity index (χ1n) is 8.29. The molecule has 1 saturated heterocycles. The normalized spacial score (nSPS) is 15.8. The number of rotatable bonds is 2. The molecule has 0 N–H and O–H groups in total. The molecule has 0 atom stereocenters. The van der Waals surface area contributed by atoms with Crippen LogP contribution in [-0.2, 0) is 0 Å². The number of hydrogen-bond acceptors (Lipinski definition) is 3. The summed E-state index contributed by atoms with van der Waals surface area (Å²) in [5, 5.41) is 2.41. The van der Waals surface area contributed by atoms with Gasteiger partial charge in [0, 0.05) is 53.5 Å². The lowest BCUT2D eigenvalue weighted by Crippen LogP contribution is -2.44. The SMILES string of the molecule is CN1CCN(c2ccc(-c3nccc4ccccc34)c(Br)c2)CC1. The van der Waals surface area contributed by atoms with E-state index in [1.54, 1.807) is 0 Å². The number of pyridine rings is 1. The third kappa shape index (κ3) is 2.92. The molecule has 0 aliphatic carbocycles. The van der Waals surface area contributed by atoms with E-state index in [0.717, 1.165) is 41.9 Å². The molecule has 1 aliphatic rings. The van der Waals surface area contributed by atoms with Crippen molar-refractivity contribution in [1.82, 2.24) is 9.88 Å². The van der Waals surface area contributed by atoms with Crippen LogP contribution in [0.3, 0.4) is 0 Å². The molecule has 3 nitrogen and oxygen atoms in total.